The average molecular weight is 444 g/mol. The first-order chi connectivity index (χ1) is 16.0. The van der Waals surface area contributed by atoms with Crippen LogP contribution in [0, 0.1) is 5.92 Å². The number of benzene rings is 2. The Morgan fingerprint density at radius 2 is 1.55 bits per heavy atom. The standard InChI is InChI=1S/C26H24N2O5/c29-23-19(26(32)33)14-28-20(15-27(13-16-11-12-16)25(31)22(28)24(23)30)21(17-7-3-1-4-8-17)18-9-5-2-6-10-18/h1-10,14,16,20-21,30H,11-13,15H2,(H,32,33)/t20-/m1/s1. The van der Waals surface area contributed by atoms with Gasteiger partial charge in [-0.2, -0.15) is 0 Å². The van der Waals surface area contributed by atoms with Gasteiger partial charge in [-0.05, 0) is 29.9 Å². The second kappa shape index (κ2) is 8.24. The number of carboxylic acid groups (broad SMARTS) is 1. The molecule has 3 aromatic rings. The number of carboxylic acids is 1. The van der Waals surface area contributed by atoms with Crippen LogP contribution < -0.4 is 5.43 Å². The average Bonchev–Trinajstić information content (AvgIpc) is 3.64. The monoisotopic (exact) mass is 444 g/mol. The lowest BCUT2D eigenvalue weighted by Crippen LogP contribution is -2.47. The Balaban J connectivity index is 1.74. The molecule has 0 bridgehead atoms. The minimum absolute atomic E-state index is 0.140. The predicted octanol–water partition coefficient (Wildman–Crippen LogP) is 3.49. The Bertz CT molecular complexity index is 1230. The van der Waals surface area contributed by atoms with Crippen LogP contribution >= 0.6 is 0 Å². The van der Waals surface area contributed by atoms with Gasteiger partial charge in [-0.1, -0.05) is 60.7 Å². The van der Waals surface area contributed by atoms with Crippen molar-refractivity contribution in [3.05, 3.63) is 99.5 Å². The number of carbonyl (C=O) groups excluding carboxylic acids is 1. The van der Waals surface area contributed by atoms with Gasteiger partial charge in [-0.25, -0.2) is 4.79 Å². The number of aromatic nitrogens is 1. The van der Waals surface area contributed by atoms with E-state index in [1.54, 1.807) is 4.90 Å². The number of aromatic hydroxyl groups is 1. The highest BCUT2D eigenvalue weighted by molar-refractivity contribution is 5.97. The Hall–Kier alpha value is -3.87. The molecule has 7 nitrogen and oxygen atoms in total. The van der Waals surface area contributed by atoms with Crippen LogP contribution in [0.3, 0.4) is 0 Å². The van der Waals surface area contributed by atoms with E-state index in [9.17, 15) is 24.6 Å². The second-order valence-corrected chi connectivity index (χ2v) is 8.80. The molecule has 5 rings (SSSR count). The zero-order valence-corrected chi connectivity index (χ0v) is 17.9. The topological polar surface area (TPSA) is 99.8 Å². The largest absolute Gasteiger partial charge is 0.503 e. The summed E-state index contributed by atoms with van der Waals surface area (Å²) >= 11 is 0. The minimum Gasteiger partial charge on any atom is -0.503 e. The fraction of sp³-hybridized carbons (Fsp3) is 0.269. The molecule has 0 spiro atoms. The number of pyridine rings is 1. The number of rotatable bonds is 6. The zero-order valence-electron chi connectivity index (χ0n) is 17.9. The molecule has 0 unspecified atom stereocenters. The first-order valence-corrected chi connectivity index (χ1v) is 11.1. The summed E-state index contributed by atoms with van der Waals surface area (Å²) in [5.41, 5.74) is 0.263. The Labute approximate surface area is 190 Å². The van der Waals surface area contributed by atoms with Gasteiger partial charge in [0.15, 0.2) is 11.4 Å². The smallest absolute Gasteiger partial charge is 0.341 e. The molecule has 1 aliphatic heterocycles. The van der Waals surface area contributed by atoms with Crippen molar-refractivity contribution in [1.29, 1.82) is 0 Å². The van der Waals surface area contributed by atoms with Gasteiger partial charge in [0.2, 0.25) is 5.43 Å². The van der Waals surface area contributed by atoms with Crippen LogP contribution in [0.5, 0.6) is 5.75 Å². The molecular weight excluding hydrogens is 420 g/mol. The summed E-state index contributed by atoms with van der Waals surface area (Å²) in [4.78, 5) is 39.4. The molecule has 1 aromatic heterocycles. The second-order valence-electron chi connectivity index (χ2n) is 8.80. The van der Waals surface area contributed by atoms with Crippen molar-refractivity contribution in [3.63, 3.8) is 0 Å². The summed E-state index contributed by atoms with van der Waals surface area (Å²) in [6, 6.07) is 19.2. The van der Waals surface area contributed by atoms with Gasteiger partial charge in [-0.15, -0.1) is 0 Å². The lowest BCUT2D eigenvalue weighted by molar-refractivity contribution is 0.0629. The van der Waals surface area contributed by atoms with Crippen molar-refractivity contribution >= 4 is 11.9 Å². The third-order valence-corrected chi connectivity index (χ3v) is 6.57. The molecule has 168 valence electrons. The van der Waals surface area contributed by atoms with Crippen LogP contribution in [0.1, 0.15) is 56.8 Å². The van der Waals surface area contributed by atoms with E-state index in [0.717, 1.165) is 24.0 Å². The maximum Gasteiger partial charge on any atom is 0.341 e. The Morgan fingerprint density at radius 3 is 2.06 bits per heavy atom. The summed E-state index contributed by atoms with van der Waals surface area (Å²) < 4.78 is 1.51. The fourth-order valence-electron chi connectivity index (χ4n) is 4.78. The number of fused-ring (bicyclic) bond motifs is 1. The van der Waals surface area contributed by atoms with Crippen molar-refractivity contribution in [1.82, 2.24) is 9.47 Å². The molecule has 2 N–H and O–H groups in total. The van der Waals surface area contributed by atoms with Gasteiger partial charge >= 0.3 is 5.97 Å². The molecule has 33 heavy (non-hydrogen) atoms. The van der Waals surface area contributed by atoms with Gasteiger partial charge in [0, 0.05) is 25.2 Å². The molecule has 1 atom stereocenters. The maximum atomic E-state index is 13.3. The molecule has 1 fully saturated rings. The first-order valence-electron chi connectivity index (χ1n) is 11.1. The molecule has 2 aromatic carbocycles. The summed E-state index contributed by atoms with van der Waals surface area (Å²) in [6.45, 7) is 0.901. The van der Waals surface area contributed by atoms with E-state index in [1.807, 2.05) is 60.7 Å². The zero-order chi connectivity index (χ0) is 23.1. The van der Waals surface area contributed by atoms with Gasteiger partial charge < -0.3 is 19.7 Å². The maximum absolute atomic E-state index is 13.3. The molecular formula is C26H24N2O5. The van der Waals surface area contributed by atoms with Gasteiger partial charge in [0.05, 0.1) is 6.04 Å². The number of carbonyl (C=O) groups is 2. The van der Waals surface area contributed by atoms with Crippen LogP contribution in [0.4, 0.5) is 0 Å². The van der Waals surface area contributed by atoms with Crippen LogP contribution in [0.15, 0.2) is 71.7 Å². The van der Waals surface area contributed by atoms with E-state index in [2.05, 4.69) is 0 Å². The van der Waals surface area contributed by atoms with E-state index in [4.69, 9.17) is 0 Å². The number of hydrogen-bond donors (Lipinski definition) is 2. The number of nitrogens with zero attached hydrogens (tertiary/aromatic N) is 2. The highest BCUT2D eigenvalue weighted by atomic mass is 16.4. The van der Waals surface area contributed by atoms with Crippen molar-refractivity contribution in [2.75, 3.05) is 13.1 Å². The van der Waals surface area contributed by atoms with E-state index in [-0.39, 0.29) is 11.6 Å². The first kappa shape index (κ1) is 21.0. The lowest BCUT2D eigenvalue weighted by Gasteiger charge is -2.40. The van der Waals surface area contributed by atoms with Gasteiger partial charge in [-0.3, -0.25) is 9.59 Å². The third kappa shape index (κ3) is 3.80. The fourth-order valence-corrected chi connectivity index (χ4v) is 4.78. The molecule has 0 radical (unpaired) electrons. The highest BCUT2D eigenvalue weighted by Gasteiger charge is 2.41. The minimum atomic E-state index is -1.44. The van der Waals surface area contributed by atoms with Crippen molar-refractivity contribution < 1.29 is 19.8 Å². The molecule has 1 aliphatic carbocycles. The normalized spacial score (nSPS) is 17.8. The SMILES string of the molecule is O=C(O)c1cn2c(c(O)c1=O)C(=O)N(CC1CC1)C[C@@H]2C(c1ccccc1)c1ccccc1. The quantitative estimate of drug-likeness (QED) is 0.606. The van der Waals surface area contributed by atoms with Crippen molar-refractivity contribution in [3.8, 4) is 5.75 Å². The van der Waals surface area contributed by atoms with Crippen LogP contribution in [-0.2, 0) is 0 Å². The van der Waals surface area contributed by atoms with Crippen LogP contribution in [0.25, 0.3) is 0 Å². The Morgan fingerprint density at radius 1 is 0.970 bits per heavy atom. The molecule has 1 saturated carbocycles. The van der Waals surface area contributed by atoms with Crippen molar-refractivity contribution in [2.24, 2.45) is 5.92 Å². The molecule has 7 heteroatoms. The molecule has 2 aliphatic rings. The van der Waals surface area contributed by atoms with Crippen LogP contribution in [-0.4, -0.2) is 44.6 Å². The van der Waals surface area contributed by atoms with Crippen molar-refractivity contribution in [2.45, 2.75) is 24.8 Å². The van der Waals surface area contributed by atoms with E-state index < -0.39 is 34.7 Å². The molecule has 0 saturated heterocycles. The van der Waals surface area contributed by atoms with E-state index in [1.165, 1.54) is 10.8 Å². The predicted molar refractivity (Wildman–Crippen MR) is 122 cm³/mol. The Kier molecular flexibility index (Phi) is 5.24. The van der Waals surface area contributed by atoms with Crippen LogP contribution in [0.2, 0.25) is 0 Å². The van der Waals surface area contributed by atoms with E-state index >= 15 is 0 Å². The summed E-state index contributed by atoms with van der Waals surface area (Å²) in [6.07, 6.45) is 3.31. The number of hydrogen-bond acceptors (Lipinski definition) is 4. The molecule has 2 heterocycles. The highest BCUT2D eigenvalue weighted by Crippen LogP contribution is 2.41. The molecule has 1 amide bonds. The van der Waals surface area contributed by atoms with Gasteiger partial charge in [0.25, 0.3) is 5.91 Å². The summed E-state index contributed by atoms with van der Waals surface area (Å²) in [7, 11) is 0. The number of aromatic carboxylic acids is 1. The summed E-state index contributed by atoms with van der Waals surface area (Å²) in [5, 5.41) is 20.3. The lowest BCUT2D eigenvalue weighted by atomic mass is 9.83. The number of amides is 1. The van der Waals surface area contributed by atoms with Gasteiger partial charge in [0.1, 0.15) is 5.56 Å². The summed E-state index contributed by atoms with van der Waals surface area (Å²) in [5.74, 6) is -2.49. The van der Waals surface area contributed by atoms with E-state index in [0.29, 0.717) is 19.0 Å². The third-order valence-electron chi connectivity index (χ3n) is 6.57.